The van der Waals surface area contributed by atoms with Gasteiger partial charge in [-0.15, -0.1) is 0 Å². The average molecular weight is 431 g/mol. The Balaban J connectivity index is 1.35. The first kappa shape index (κ1) is 21.9. The van der Waals surface area contributed by atoms with E-state index in [-0.39, 0.29) is 17.9 Å². The van der Waals surface area contributed by atoms with Crippen molar-refractivity contribution in [3.05, 3.63) is 70.5 Å². The Hall–Kier alpha value is -3.28. The second kappa shape index (κ2) is 9.07. The van der Waals surface area contributed by atoms with Crippen molar-refractivity contribution in [1.29, 1.82) is 0 Å². The lowest BCUT2D eigenvalue weighted by Gasteiger charge is -2.32. The molecular weight excluding hydrogens is 400 g/mol. The first-order valence-corrected chi connectivity index (χ1v) is 11.3. The van der Waals surface area contributed by atoms with Crippen LogP contribution in [0.25, 0.3) is 11.0 Å². The smallest absolute Gasteiger partial charge is 0.253 e. The number of piperidine rings is 1. The second-order valence-corrected chi connectivity index (χ2v) is 8.91. The zero-order chi connectivity index (χ0) is 22.8. The molecule has 0 aliphatic carbocycles. The van der Waals surface area contributed by atoms with E-state index in [0.29, 0.717) is 24.6 Å². The molecule has 0 bridgehead atoms. The van der Waals surface area contributed by atoms with Gasteiger partial charge in [0, 0.05) is 30.3 Å². The number of rotatable bonds is 4. The summed E-state index contributed by atoms with van der Waals surface area (Å²) in [6, 6.07) is 13.4. The van der Waals surface area contributed by atoms with Gasteiger partial charge in [0.2, 0.25) is 0 Å². The van der Waals surface area contributed by atoms with Crippen LogP contribution in [0.2, 0.25) is 0 Å². The summed E-state index contributed by atoms with van der Waals surface area (Å²) in [6.07, 6.45) is 1.49. The van der Waals surface area contributed by atoms with Crippen LogP contribution in [0.15, 0.2) is 42.5 Å². The molecule has 0 radical (unpaired) electrons. The minimum Gasteiger partial charge on any atom is -0.349 e. The molecular formula is C26H30N4O2. The van der Waals surface area contributed by atoms with Crippen molar-refractivity contribution < 1.29 is 9.59 Å². The standard InChI is InChI=1S/C26H30N4O2/c1-16(2)19-5-7-20(8-6-19)26(32)30-13-11-22(12-14-30)29-25(31)21-9-10-23-24(15-21)28-18(4)17(3)27-23/h5-10,15-16,22H,11-14H2,1-4H3,(H,29,31). The van der Waals surface area contributed by atoms with Gasteiger partial charge in [-0.3, -0.25) is 9.59 Å². The number of nitrogens with zero attached hydrogens (tertiary/aromatic N) is 3. The lowest BCUT2D eigenvalue weighted by atomic mass is 10.00. The SMILES string of the molecule is Cc1nc2ccc(C(=O)NC3CCN(C(=O)c4ccc(C(C)C)cc4)CC3)cc2nc1C. The maximum atomic E-state index is 12.8. The summed E-state index contributed by atoms with van der Waals surface area (Å²) in [5, 5.41) is 3.12. The van der Waals surface area contributed by atoms with Gasteiger partial charge in [0.25, 0.3) is 11.8 Å². The number of likely N-dealkylation sites (tertiary alicyclic amines) is 1. The monoisotopic (exact) mass is 430 g/mol. The molecule has 6 nitrogen and oxygen atoms in total. The molecule has 1 aliphatic heterocycles. The number of hydrogen-bond donors (Lipinski definition) is 1. The molecule has 0 atom stereocenters. The molecule has 0 spiro atoms. The van der Waals surface area contributed by atoms with Gasteiger partial charge in [0.05, 0.1) is 22.4 Å². The number of amides is 2. The van der Waals surface area contributed by atoms with E-state index in [1.54, 1.807) is 12.1 Å². The molecule has 1 aromatic heterocycles. The van der Waals surface area contributed by atoms with Gasteiger partial charge in [-0.1, -0.05) is 26.0 Å². The highest BCUT2D eigenvalue weighted by atomic mass is 16.2. The highest BCUT2D eigenvalue weighted by molar-refractivity contribution is 5.97. The van der Waals surface area contributed by atoms with E-state index < -0.39 is 0 Å². The van der Waals surface area contributed by atoms with Gasteiger partial charge in [0.15, 0.2) is 0 Å². The van der Waals surface area contributed by atoms with E-state index in [9.17, 15) is 9.59 Å². The van der Waals surface area contributed by atoms with Crippen LogP contribution in [0.3, 0.4) is 0 Å². The zero-order valence-corrected chi connectivity index (χ0v) is 19.2. The molecule has 2 amide bonds. The van der Waals surface area contributed by atoms with Gasteiger partial charge < -0.3 is 10.2 Å². The van der Waals surface area contributed by atoms with E-state index in [2.05, 4.69) is 29.1 Å². The van der Waals surface area contributed by atoms with Crippen LogP contribution < -0.4 is 5.32 Å². The van der Waals surface area contributed by atoms with Crippen LogP contribution in [0.5, 0.6) is 0 Å². The first-order chi connectivity index (χ1) is 15.3. The molecule has 3 aromatic rings. The van der Waals surface area contributed by atoms with E-state index >= 15 is 0 Å². The van der Waals surface area contributed by atoms with Crippen LogP contribution in [0.1, 0.15) is 70.3 Å². The molecule has 2 aromatic carbocycles. The quantitative estimate of drug-likeness (QED) is 0.665. The van der Waals surface area contributed by atoms with Crippen molar-refractivity contribution in [3.8, 4) is 0 Å². The summed E-state index contributed by atoms with van der Waals surface area (Å²) in [5.41, 5.74) is 5.81. The second-order valence-electron chi connectivity index (χ2n) is 8.91. The highest BCUT2D eigenvalue weighted by Gasteiger charge is 2.25. The Labute approximate surface area is 189 Å². The van der Waals surface area contributed by atoms with Crippen molar-refractivity contribution in [2.75, 3.05) is 13.1 Å². The van der Waals surface area contributed by atoms with Crippen LogP contribution in [-0.4, -0.2) is 45.8 Å². The van der Waals surface area contributed by atoms with E-state index in [1.807, 2.05) is 49.1 Å². The van der Waals surface area contributed by atoms with Crippen molar-refractivity contribution in [3.63, 3.8) is 0 Å². The third-order valence-corrected chi connectivity index (χ3v) is 6.28. The Bertz CT molecular complexity index is 1150. The van der Waals surface area contributed by atoms with Crippen LogP contribution in [-0.2, 0) is 0 Å². The van der Waals surface area contributed by atoms with Gasteiger partial charge in [0.1, 0.15) is 0 Å². The van der Waals surface area contributed by atoms with Gasteiger partial charge in [-0.2, -0.15) is 0 Å². The van der Waals surface area contributed by atoms with Gasteiger partial charge in [-0.25, -0.2) is 9.97 Å². The Morgan fingerprint density at radius 2 is 1.50 bits per heavy atom. The normalized spacial score (nSPS) is 14.7. The summed E-state index contributed by atoms with van der Waals surface area (Å²) in [7, 11) is 0. The number of aryl methyl sites for hydroxylation is 2. The number of carbonyl (C=O) groups excluding carboxylic acids is 2. The lowest BCUT2D eigenvalue weighted by molar-refractivity contribution is 0.0698. The Morgan fingerprint density at radius 1 is 0.906 bits per heavy atom. The first-order valence-electron chi connectivity index (χ1n) is 11.3. The van der Waals surface area contributed by atoms with E-state index in [1.165, 1.54) is 5.56 Å². The lowest BCUT2D eigenvalue weighted by Crippen LogP contribution is -2.46. The van der Waals surface area contributed by atoms with Crippen molar-refractivity contribution >= 4 is 22.8 Å². The number of hydrogen-bond acceptors (Lipinski definition) is 4. The molecule has 0 saturated carbocycles. The minimum atomic E-state index is -0.110. The van der Waals surface area contributed by atoms with Crippen LogP contribution in [0.4, 0.5) is 0 Å². The molecule has 32 heavy (non-hydrogen) atoms. The number of nitrogens with one attached hydrogen (secondary N) is 1. The largest absolute Gasteiger partial charge is 0.349 e. The summed E-state index contributed by atoms with van der Waals surface area (Å²) in [6.45, 7) is 9.41. The number of benzene rings is 2. The van der Waals surface area contributed by atoms with Crippen LogP contribution in [0, 0.1) is 13.8 Å². The topological polar surface area (TPSA) is 75.2 Å². The fourth-order valence-corrected chi connectivity index (χ4v) is 4.06. The summed E-state index contributed by atoms with van der Waals surface area (Å²) in [5.74, 6) is 0.395. The predicted molar refractivity (Wildman–Crippen MR) is 126 cm³/mol. The van der Waals surface area contributed by atoms with Crippen molar-refractivity contribution in [1.82, 2.24) is 20.2 Å². The van der Waals surface area contributed by atoms with E-state index in [4.69, 9.17) is 0 Å². The number of aromatic nitrogens is 2. The van der Waals surface area contributed by atoms with Gasteiger partial charge in [-0.05, 0) is 68.5 Å². The van der Waals surface area contributed by atoms with Crippen molar-refractivity contribution in [2.24, 2.45) is 0 Å². The summed E-state index contributed by atoms with van der Waals surface area (Å²) in [4.78, 5) is 36.6. The maximum absolute atomic E-state index is 12.8. The van der Waals surface area contributed by atoms with E-state index in [0.717, 1.165) is 40.8 Å². The molecule has 6 heteroatoms. The number of carbonyl (C=O) groups is 2. The molecule has 2 heterocycles. The minimum absolute atomic E-state index is 0.0522. The fourth-order valence-electron chi connectivity index (χ4n) is 4.06. The predicted octanol–water partition coefficient (Wildman–Crippen LogP) is 4.40. The zero-order valence-electron chi connectivity index (χ0n) is 19.2. The fraction of sp³-hybridized carbons (Fsp3) is 0.385. The van der Waals surface area contributed by atoms with Crippen LogP contribution >= 0.6 is 0 Å². The molecule has 1 fully saturated rings. The maximum Gasteiger partial charge on any atom is 0.253 e. The van der Waals surface area contributed by atoms with Gasteiger partial charge >= 0.3 is 0 Å². The molecule has 1 aliphatic rings. The summed E-state index contributed by atoms with van der Waals surface area (Å²) >= 11 is 0. The Morgan fingerprint density at radius 3 is 2.12 bits per heavy atom. The summed E-state index contributed by atoms with van der Waals surface area (Å²) < 4.78 is 0. The average Bonchev–Trinajstić information content (AvgIpc) is 2.79. The molecule has 1 saturated heterocycles. The third kappa shape index (κ3) is 4.64. The molecule has 4 rings (SSSR count). The Kier molecular flexibility index (Phi) is 6.21. The molecule has 166 valence electrons. The molecule has 1 N–H and O–H groups in total. The third-order valence-electron chi connectivity index (χ3n) is 6.28. The van der Waals surface area contributed by atoms with Crippen molar-refractivity contribution in [2.45, 2.75) is 52.5 Å². The molecule has 0 unspecified atom stereocenters. The highest BCUT2D eigenvalue weighted by Crippen LogP contribution is 2.19. The number of fused-ring (bicyclic) bond motifs is 1.